The molecular formula is C18H15ClN2O4. The molecule has 7 heteroatoms. The summed E-state index contributed by atoms with van der Waals surface area (Å²) in [5.74, 6) is -0.917. The molecule has 0 aliphatic heterocycles. The van der Waals surface area contributed by atoms with Gasteiger partial charge in [-0.25, -0.2) is 4.79 Å². The highest BCUT2D eigenvalue weighted by atomic mass is 35.5. The van der Waals surface area contributed by atoms with Gasteiger partial charge in [0, 0.05) is 10.7 Å². The zero-order valence-electron chi connectivity index (χ0n) is 13.4. The van der Waals surface area contributed by atoms with E-state index in [9.17, 15) is 9.59 Å². The number of hydrogen-bond donors (Lipinski definition) is 1. The Morgan fingerprint density at radius 1 is 1.20 bits per heavy atom. The monoisotopic (exact) mass is 358 g/mol. The van der Waals surface area contributed by atoms with Crippen molar-refractivity contribution in [2.75, 3.05) is 11.9 Å². The molecule has 1 atom stereocenters. The first kappa shape index (κ1) is 18.3. The van der Waals surface area contributed by atoms with Crippen LogP contribution in [0.3, 0.4) is 0 Å². The maximum Gasteiger partial charge on any atom is 0.344 e. The van der Waals surface area contributed by atoms with Crippen LogP contribution in [0.15, 0.2) is 48.5 Å². The highest BCUT2D eigenvalue weighted by Crippen LogP contribution is 2.17. The Labute approximate surface area is 149 Å². The van der Waals surface area contributed by atoms with Crippen LogP contribution in [0.4, 0.5) is 5.69 Å². The fraction of sp³-hybridized carbons (Fsp3) is 0.167. The van der Waals surface area contributed by atoms with Crippen molar-refractivity contribution in [2.45, 2.75) is 13.0 Å². The van der Waals surface area contributed by atoms with Crippen LogP contribution in [0, 0.1) is 11.3 Å². The molecule has 0 saturated heterocycles. The predicted octanol–water partition coefficient (Wildman–Crippen LogP) is 3.16. The van der Waals surface area contributed by atoms with Crippen LogP contribution < -0.4 is 10.1 Å². The second-order valence-electron chi connectivity index (χ2n) is 5.02. The van der Waals surface area contributed by atoms with E-state index in [0.717, 1.165) is 0 Å². The molecule has 0 saturated carbocycles. The number of carbonyl (C=O) groups excluding carboxylic acids is 2. The van der Waals surface area contributed by atoms with Gasteiger partial charge >= 0.3 is 5.97 Å². The lowest BCUT2D eigenvalue weighted by Crippen LogP contribution is -2.31. The zero-order valence-corrected chi connectivity index (χ0v) is 14.1. The number of anilines is 1. The highest BCUT2D eigenvalue weighted by molar-refractivity contribution is 6.30. The number of halogens is 1. The summed E-state index contributed by atoms with van der Waals surface area (Å²) >= 11 is 5.77. The molecule has 0 fully saturated rings. The second kappa shape index (κ2) is 8.71. The third kappa shape index (κ3) is 5.52. The lowest BCUT2D eigenvalue weighted by Gasteiger charge is -2.14. The van der Waals surface area contributed by atoms with Crippen molar-refractivity contribution in [3.05, 3.63) is 59.1 Å². The number of benzene rings is 2. The summed E-state index contributed by atoms with van der Waals surface area (Å²) in [6.07, 6.45) is -1.00. The number of nitriles is 1. The molecule has 0 heterocycles. The number of carbonyl (C=O) groups is 2. The van der Waals surface area contributed by atoms with Crippen molar-refractivity contribution >= 4 is 29.2 Å². The first-order valence-electron chi connectivity index (χ1n) is 7.37. The Bertz CT molecular complexity index is 799. The van der Waals surface area contributed by atoms with Crippen molar-refractivity contribution < 1.29 is 19.1 Å². The van der Waals surface area contributed by atoms with Crippen molar-refractivity contribution in [1.29, 1.82) is 5.26 Å². The summed E-state index contributed by atoms with van der Waals surface area (Å²) in [5, 5.41) is 12.1. The summed E-state index contributed by atoms with van der Waals surface area (Å²) in [5.41, 5.74) is 0.848. The normalized spacial score (nSPS) is 11.1. The molecule has 0 aliphatic carbocycles. The van der Waals surface area contributed by atoms with Crippen LogP contribution in [0.25, 0.3) is 0 Å². The number of esters is 1. The second-order valence-corrected chi connectivity index (χ2v) is 5.46. The Kier molecular flexibility index (Phi) is 6.38. The molecule has 25 heavy (non-hydrogen) atoms. The van der Waals surface area contributed by atoms with E-state index in [4.69, 9.17) is 26.3 Å². The first-order chi connectivity index (χ1) is 12.0. The quantitative estimate of drug-likeness (QED) is 0.801. The molecule has 0 aliphatic rings. The van der Waals surface area contributed by atoms with Gasteiger partial charge < -0.3 is 14.8 Å². The van der Waals surface area contributed by atoms with Gasteiger partial charge in [-0.2, -0.15) is 5.26 Å². The van der Waals surface area contributed by atoms with Gasteiger partial charge in [-0.1, -0.05) is 23.7 Å². The van der Waals surface area contributed by atoms with Crippen LogP contribution >= 0.6 is 11.6 Å². The van der Waals surface area contributed by atoms with E-state index in [1.807, 2.05) is 6.07 Å². The SMILES string of the molecule is C[C@H](OC(=O)COc1ccccc1C#N)C(=O)Nc1ccc(Cl)cc1. The largest absolute Gasteiger partial charge is 0.481 e. The van der Waals surface area contributed by atoms with E-state index in [1.165, 1.54) is 6.92 Å². The van der Waals surface area contributed by atoms with E-state index in [0.29, 0.717) is 16.3 Å². The molecule has 0 aromatic heterocycles. The number of nitrogens with zero attached hydrogens (tertiary/aromatic N) is 1. The minimum atomic E-state index is -1.00. The van der Waals surface area contributed by atoms with Crippen LogP contribution in [0.1, 0.15) is 12.5 Å². The van der Waals surface area contributed by atoms with Crippen molar-refractivity contribution in [3.63, 3.8) is 0 Å². The smallest absolute Gasteiger partial charge is 0.344 e. The van der Waals surface area contributed by atoms with Crippen molar-refractivity contribution in [1.82, 2.24) is 0 Å². The predicted molar refractivity (Wildman–Crippen MR) is 92.3 cm³/mol. The van der Waals surface area contributed by atoms with Crippen LogP contribution in [-0.4, -0.2) is 24.6 Å². The Morgan fingerprint density at radius 2 is 1.88 bits per heavy atom. The molecule has 0 spiro atoms. The van der Waals surface area contributed by atoms with Crippen LogP contribution in [0.2, 0.25) is 5.02 Å². The third-order valence-electron chi connectivity index (χ3n) is 3.14. The molecule has 0 unspecified atom stereocenters. The van der Waals surface area contributed by atoms with E-state index >= 15 is 0 Å². The van der Waals surface area contributed by atoms with Crippen LogP contribution in [-0.2, 0) is 14.3 Å². The topological polar surface area (TPSA) is 88.4 Å². The molecule has 0 radical (unpaired) electrons. The Hall–Kier alpha value is -3.04. The minimum absolute atomic E-state index is 0.278. The van der Waals surface area contributed by atoms with Crippen LogP contribution in [0.5, 0.6) is 5.75 Å². The molecule has 1 amide bonds. The number of ether oxygens (including phenoxy) is 2. The van der Waals surface area contributed by atoms with Crippen molar-refractivity contribution in [3.8, 4) is 11.8 Å². The van der Waals surface area contributed by atoms with Gasteiger partial charge in [-0.3, -0.25) is 4.79 Å². The molecule has 128 valence electrons. The highest BCUT2D eigenvalue weighted by Gasteiger charge is 2.18. The van der Waals surface area contributed by atoms with E-state index in [2.05, 4.69) is 5.32 Å². The number of para-hydroxylation sites is 1. The summed E-state index contributed by atoms with van der Waals surface area (Å²) in [4.78, 5) is 23.8. The van der Waals surface area contributed by atoms with Gasteiger partial charge in [0.15, 0.2) is 12.7 Å². The zero-order chi connectivity index (χ0) is 18.2. The van der Waals surface area contributed by atoms with E-state index in [1.54, 1.807) is 48.5 Å². The first-order valence-corrected chi connectivity index (χ1v) is 7.75. The molecule has 0 bridgehead atoms. The summed E-state index contributed by atoms with van der Waals surface area (Å²) in [6, 6.07) is 15.0. The van der Waals surface area contributed by atoms with Gasteiger partial charge in [0.2, 0.25) is 0 Å². The van der Waals surface area contributed by atoms with E-state index in [-0.39, 0.29) is 5.75 Å². The van der Waals surface area contributed by atoms with Gasteiger partial charge in [0.25, 0.3) is 5.91 Å². The lowest BCUT2D eigenvalue weighted by atomic mass is 10.2. The number of hydrogen-bond acceptors (Lipinski definition) is 5. The molecule has 2 rings (SSSR count). The van der Waals surface area contributed by atoms with Gasteiger partial charge in [-0.05, 0) is 43.3 Å². The fourth-order valence-corrected chi connectivity index (χ4v) is 2.01. The summed E-state index contributed by atoms with van der Waals surface area (Å²) in [7, 11) is 0. The van der Waals surface area contributed by atoms with Gasteiger partial charge in [0.1, 0.15) is 11.8 Å². The average molecular weight is 359 g/mol. The van der Waals surface area contributed by atoms with Gasteiger partial charge in [-0.15, -0.1) is 0 Å². The molecule has 6 nitrogen and oxygen atoms in total. The standard InChI is InChI=1S/C18H15ClN2O4/c1-12(18(23)21-15-8-6-14(19)7-9-15)25-17(22)11-24-16-5-3-2-4-13(16)10-20/h2-9,12H,11H2,1H3,(H,21,23)/t12-/m0/s1. The van der Waals surface area contributed by atoms with E-state index < -0.39 is 24.6 Å². The number of nitrogens with one attached hydrogen (secondary N) is 1. The maximum atomic E-state index is 12.0. The summed E-state index contributed by atoms with van der Waals surface area (Å²) < 4.78 is 10.3. The number of rotatable bonds is 6. The summed E-state index contributed by atoms with van der Waals surface area (Å²) in [6.45, 7) is 1.05. The Balaban J connectivity index is 1.84. The Morgan fingerprint density at radius 3 is 2.56 bits per heavy atom. The molecule has 1 N–H and O–H groups in total. The van der Waals surface area contributed by atoms with Crippen molar-refractivity contribution in [2.24, 2.45) is 0 Å². The molecule has 2 aromatic carbocycles. The molecule has 2 aromatic rings. The lowest BCUT2D eigenvalue weighted by molar-refractivity contribution is -0.155. The maximum absolute atomic E-state index is 12.0. The minimum Gasteiger partial charge on any atom is -0.481 e. The fourth-order valence-electron chi connectivity index (χ4n) is 1.88. The number of amides is 1. The third-order valence-corrected chi connectivity index (χ3v) is 3.39. The average Bonchev–Trinajstić information content (AvgIpc) is 2.62. The van der Waals surface area contributed by atoms with Gasteiger partial charge in [0.05, 0.1) is 5.56 Å². The molecular weight excluding hydrogens is 344 g/mol.